The van der Waals surface area contributed by atoms with Gasteiger partial charge in [-0.15, -0.1) is 0 Å². The number of carbonyl (C=O) groups excluding carboxylic acids is 1. The minimum Gasteiger partial charge on any atom is -0.385 e. The zero-order valence-corrected chi connectivity index (χ0v) is 13.5. The van der Waals surface area contributed by atoms with Crippen LogP contribution in [0.25, 0.3) is 0 Å². The number of aliphatic hydroxyl groups is 1. The van der Waals surface area contributed by atoms with Gasteiger partial charge < -0.3 is 10.0 Å². The number of amides is 1. The van der Waals surface area contributed by atoms with E-state index in [0.29, 0.717) is 37.4 Å². The molecule has 0 aliphatic carbocycles. The quantitative estimate of drug-likeness (QED) is 0.941. The van der Waals surface area contributed by atoms with Crippen molar-refractivity contribution < 1.29 is 9.90 Å². The van der Waals surface area contributed by atoms with E-state index in [0.717, 1.165) is 11.1 Å². The van der Waals surface area contributed by atoms with E-state index in [2.05, 4.69) is 4.98 Å². The predicted molar refractivity (Wildman–Crippen MR) is 89.1 cm³/mol. The van der Waals surface area contributed by atoms with Crippen LogP contribution in [0.2, 0.25) is 5.02 Å². The Labute approximate surface area is 140 Å². The van der Waals surface area contributed by atoms with E-state index in [1.54, 1.807) is 24.5 Å². The van der Waals surface area contributed by atoms with Crippen LogP contribution in [0.5, 0.6) is 0 Å². The fraction of sp³-hybridized carbons (Fsp3) is 0.333. The lowest BCUT2D eigenvalue weighted by Crippen LogP contribution is -2.45. The van der Waals surface area contributed by atoms with Gasteiger partial charge in [-0.25, -0.2) is 0 Å². The summed E-state index contributed by atoms with van der Waals surface area (Å²) in [5, 5.41) is 11.4. The number of piperidine rings is 1. The number of halogens is 1. The molecule has 1 saturated heterocycles. The largest absolute Gasteiger partial charge is 0.385 e. The van der Waals surface area contributed by atoms with E-state index < -0.39 is 5.60 Å². The average molecular weight is 331 g/mol. The lowest BCUT2D eigenvalue weighted by atomic mass is 9.85. The van der Waals surface area contributed by atoms with Gasteiger partial charge in [-0.05, 0) is 36.6 Å². The van der Waals surface area contributed by atoms with Gasteiger partial charge in [0.1, 0.15) is 0 Å². The summed E-state index contributed by atoms with van der Waals surface area (Å²) < 4.78 is 0. The van der Waals surface area contributed by atoms with Crippen LogP contribution >= 0.6 is 11.6 Å². The molecule has 1 N–H and O–H groups in total. The van der Waals surface area contributed by atoms with Crippen LogP contribution in [0.3, 0.4) is 0 Å². The van der Waals surface area contributed by atoms with Crippen molar-refractivity contribution in [2.45, 2.75) is 24.9 Å². The third-order valence-electron chi connectivity index (χ3n) is 4.41. The summed E-state index contributed by atoms with van der Waals surface area (Å²) in [5.74, 6) is 0.0839. The molecule has 1 aliphatic rings. The molecule has 23 heavy (non-hydrogen) atoms. The normalized spacial score (nSPS) is 17.0. The van der Waals surface area contributed by atoms with E-state index in [-0.39, 0.29) is 5.91 Å². The zero-order chi connectivity index (χ0) is 16.3. The van der Waals surface area contributed by atoms with Gasteiger partial charge in [0.05, 0.1) is 12.0 Å². The highest BCUT2D eigenvalue weighted by atomic mass is 35.5. The minimum atomic E-state index is -0.884. The van der Waals surface area contributed by atoms with Crippen molar-refractivity contribution in [2.75, 3.05) is 13.1 Å². The summed E-state index contributed by atoms with van der Waals surface area (Å²) in [5.41, 5.74) is 0.892. The van der Waals surface area contributed by atoms with E-state index in [1.165, 1.54) is 0 Å². The number of pyridine rings is 1. The Morgan fingerprint density at radius 3 is 2.52 bits per heavy atom. The van der Waals surface area contributed by atoms with Gasteiger partial charge in [-0.1, -0.05) is 29.8 Å². The van der Waals surface area contributed by atoms with Crippen LogP contribution in [-0.2, 0) is 16.8 Å². The Kier molecular flexibility index (Phi) is 4.64. The molecule has 3 rings (SSSR count). The molecule has 0 saturated carbocycles. The lowest BCUT2D eigenvalue weighted by molar-refractivity contribution is -0.135. The van der Waals surface area contributed by atoms with Crippen LogP contribution in [-0.4, -0.2) is 34.0 Å². The summed E-state index contributed by atoms with van der Waals surface area (Å²) in [7, 11) is 0. The number of carbonyl (C=O) groups is 1. The first-order valence-corrected chi connectivity index (χ1v) is 8.10. The molecule has 2 aromatic rings. The second-order valence-corrected chi connectivity index (χ2v) is 6.39. The van der Waals surface area contributed by atoms with Crippen molar-refractivity contribution in [3.63, 3.8) is 0 Å². The molecular weight excluding hydrogens is 312 g/mol. The third-order valence-corrected chi connectivity index (χ3v) is 4.66. The van der Waals surface area contributed by atoms with E-state index in [1.807, 2.05) is 29.2 Å². The first-order chi connectivity index (χ1) is 11.1. The Bertz CT molecular complexity index is 665. The molecule has 1 aliphatic heterocycles. The lowest BCUT2D eigenvalue weighted by Gasteiger charge is -2.38. The fourth-order valence-electron chi connectivity index (χ4n) is 2.94. The third kappa shape index (κ3) is 3.71. The number of hydrogen-bond donors (Lipinski definition) is 1. The van der Waals surface area contributed by atoms with Gasteiger partial charge >= 0.3 is 0 Å². The zero-order valence-electron chi connectivity index (χ0n) is 12.8. The predicted octanol–water partition coefficient (Wildman–Crippen LogP) is 2.79. The number of rotatable bonds is 3. The summed E-state index contributed by atoms with van der Waals surface area (Å²) in [6.07, 6.45) is 4.82. The van der Waals surface area contributed by atoms with Crippen molar-refractivity contribution in [3.05, 3.63) is 64.9 Å². The summed E-state index contributed by atoms with van der Waals surface area (Å²) in [4.78, 5) is 18.3. The molecule has 1 fully saturated rings. The second-order valence-electron chi connectivity index (χ2n) is 5.96. The number of benzene rings is 1. The Morgan fingerprint density at radius 1 is 1.22 bits per heavy atom. The van der Waals surface area contributed by atoms with Crippen LogP contribution in [0.4, 0.5) is 0 Å². The summed E-state index contributed by atoms with van der Waals surface area (Å²) in [6, 6.07) is 11.0. The Hall–Kier alpha value is -1.91. The molecule has 0 spiro atoms. The van der Waals surface area contributed by atoms with Crippen LogP contribution < -0.4 is 0 Å². The van der Waals surface area contributed by atoms with Gasteiger partial charge in [-0.3, -0.25) is 9.78 Å². The average Bonchev–Trinajstić information content (AvgIpc) is 2.58. The topological polar surface area (TPSA) is 53.4 Å². The maximum atomic E-state index is 12.4. The minimum absolute atomic E-state index is 0.0839. The first-order valence-electron chi connectivity index (χ1n) is 7.72. The van der Waals surface area contributed by atoms with Crippen LogP contribution in [0.15, 0.2) is 48.8 Å². The molecule has 0 unspecified atom stereocenters. The van der Waals surface area contributed by atoms with Crippen molar-refractivity contribution >= 4 is 17.5 Å². The molecule has 1 amide bonds. The molecule has 0 atom stereocenters. The van der Waals surface area contributed by atoms with Crippen LogP contribution in [0, 0.1) is 0 Å². The van der Waals surface area contributed by atoms with Crippen molar-refractivity contribution in [3.8, 4) is 0 Å². The van der Waals surface area contributed by atoms with E-state index >= 15 is 0 Å². The van der Waals surface area contributed by atoms with Gasteiger partial charge in [0.15, 0.2) is 0 Å². The molecule has 5 heteroatoms. The number of likely N-dealkylation sites (tertiary alicyclic amines) is 1. The van der Waals surface area contributed by atoms with E-state index in [9.17, 15) is 9.90 Å². The van der Waals surface area contributed by atoms with Crippen LogP contribution in [0.1, 0.15) is 24.0 Å². The number of hydrogen-bond acceptors (Lipinski definition) is 3. The van der Waals surface area contributed by atoms with Crippen molar-refractivity contribution in [2.24, 2.45) is 0 Å². The SMILES string of the molecule is O=C(Cc1ccc(Cl)cc1)N1CCC(O)(c2cccnc2)CC1. The van der Waals surface area contributed by atoms with Gasteiger partial charge in [0.2, 0.25) is 5.91 Å². The second kappa shape index (κ2) is 6.69. The molecule has 1 aromatic carbocycles. The Morgan fingerprint density at radius 2 is 1.91 bits per heavy atom. The highest BCUT2D eigenvalue weighted by Gasteiger charge is 2.35. The highest BCUT2D eigenvalue weighted by Crippen LogP contribution is 2.32. The number of nitrogens with zero attached hydrogens (tertiary/aromatic N) is 2. The van der Waals surface area contributed by atoms with E-state index in [4.69, 9.17) is 11.6 Å². The standard InChI is InChI=1S/C18H19ClN2O2/c19-16-5-3-14(4-6-16)12-17(22)21-10-7-18(23,8-11-21)15-2-1-9-20-13-15/h1-6,9,13,23H,7-8,10-12H2. The molecule has 1 aromatic heterocycles. The van der Waals surface area contributed by atoms with Crippen molar-refractivity contribution in [1.29, 1.82) is 0 Å². The molecular formula is C18H19ClN2O2. The Balaban J connectivity index is 1.60. The maximum Gasteiger partial charge on any atom is 0.226 e. The summed E-state index contributed by atoms with van der Waals surface area (Å²) >= 11 is 5.86. The van der Waals surface area contributed by atoms with Gasteiger partial charge in [-0.2, -0.15) is 0 Å². The molecule has 0 radical (unpaired) electrons. The monoisotopic (exact) mass is 330 g/mol. The maximum absolute atomic E-state index is 12.4. The highest BCUT2D eigenvalue weighted by molar-refractivity contribution is 6.30. The molecule has 120 valence electrons. The van der Waals surface area contributed by atoms with Gasteiger partial charge in [0.25, 0.3) is 0 Å². The van der Waals surface area contributed by atoms with Crippen molar-refractivity contribution in [1.82, 2.24) is 9.88 Å². The first kappa shape index (κ1) is 16.0. The number of aromatic nitrogens is 1. The summed E-state index contributed by atoms with van der Waals surface area (Å²) in [6.45, 7) is 1.11. The molecule has 4 nitrogen and oxygen atoms in total. The smallest absolute Gasteiger partial charge is 0.226 e. The molecule has 0 bridgehead atoms. The molecule has 2 heterocycles. The van der Waals surface area contributed by atoms with Gasteiger partial charge in [0, 0.05) is 36.1 Å². The fourth-order valence-corrected chi connectivity index (χ4v) is 3.07.